The van der Waals surface area contributed by atoms with Gasteiger partial charge in [-0.1, -0.05) is 64.1 Å². The minimum absolute atomic E-state index is 0.0246. The Bertz CT molecular complexity index is 1110. The molecule has 0 saturated carbocycles. The van der Waals surface area contributed by atoms with E-state index in [0.29, 0.717) is 5.92 Å². The number of nitrogens with one attached hydrogen (secondary N) is 1. The van der Waals surface area contributed by atoms with Crippen LogP contribution in [0.5, 0.6) is 0 Å². The fraction of sp³-hybridized carbons (Fsp3) is 0.462. The third-order valence-corrected chi connectivity index (χ3v) is 8.27. The molecule has 184 valence electrons. The van der Waals surface area contributed by atoms with Crippen molar-refractivity contribution in [2.45, 2.75) is 63.9 Å². The van der Waals surface area contributed by atoms with Crippen LogP contribution >= 0.6 is 0 Å². The van der Waals surface area contributed by atoms with Gasteiger partial charge in [0.05, 0.1) is 4.90 Å². The van der Waals surface area contributed by atoms with Crippen LogP contribution in [0.15, 0.2) is 53.4 Å². The third kappa shape index (κ3) is 5.85. The molecule has 1 atom stereocenters. The molecule has 0 aliphatic carbocycles. The van der Waals surface area contributed by atoms with Crippen LogP contribution in [0.4, 0.5) is 0 Å². The van der Waals surface area contributed by atoms with Crippen LogP contribution in [0, 0.1) is 0 Å². The molecule has 1 aliphatic rings. The molecular weight excluding hydrogens is 450 g/mol. The lowest BCUT2D eigenvalue weighted by Gasteiger charge is -2.39. The third-order valence-electron chi connectivity index (χ3n) is 6.35. The van der Waals surface area contributed by atoms with Crippen LogP contribution in [0.25, 0.3) is 0 Å². The zero-order valence-corrected chi connectivity index (χ0v) is 21.4. The van der Waals surface area contributed by atoms with Gasteiger partial charge in [0.2, 0.25) is 21.8 Å². The van der Waals surface area contributed by atoms with Crippen molar-refractivity contribution in [1.82, 2.24) is 14.5 Å². The predicted molar refractivity (Wildman–Crippen MR) is 133 cm³/mol. The van der Waals surface area contributed by atoms with Gasteiger partial charge >= 0.3 is 0 Å². The summed E-state index contributed by atoms with van der Waals surface area (Å²) in [5.74, 6) is 0.0995. The normalized spacial score (nSPS) is 17.3. The van der Waals surface area contributed by atoms with E-state index in [1.807, 2.05) is 38.1 Å². The van der Waals surface area contributed by atoms with E-state index in [9.17, 15) is 18.0 Å². The van der Waals surface area contributed by atoms with Crippen molar-refractivity contribution >= 4 is 21.8 Å². The standard InChI is InChI=1S/C26H35N3O4S/c1-18(2)22-8-6-21(7-9-22)16-27-26(31)25-17-28(20(5)30)14-15-29(25)34(32,33)24-12-10-23(11-13-24)19(3)4/h6-13,18-19,25H,14-17H2,1-5H3,(H,27,31)/t25-/m1/s1. The van der Waals surface area contributed by atoms with Crippen molar-refractivity contribution in [3.05, 3.63) is 65.2 Å². The first-order valence-electron chi connectivity index (χ1n) is 11.7. The fourth-order valence-corrected chi connectivity index (χ4v) is 5.61. The van der Waals surface area contributed by atoms with E-state index in [0.717, 1.165) is 11.1 Å². The van der Waals surface area contributed by atoms with Crippen LogP contribution < -0.4 is 5.32 Å². The number of rotatable bonds is 7. The first kappa shape index (κ1) is 25.9. The minimum atomic E-state index is -3.91. The van der Waals surface area contributed by atoms with Crippen molar-refractivity contribution in [3.63, 3.8) is 0 Å². The van der Waals surface area contributed by atoms with E-state index in [2.05, 4.69) is 19.2 Å². The lowest BCUT2D eigenvalue weighted by atomic mass is 10.0. The second kappa shape index (κ2) is 10.7. The molecule has 3 rings (SSSR count). The quantitative estimate of drug-likeness (QED) is 0.651. The summed E-state index contributed by atoms with van der Waals surface area (Å²) in [4.78, 5) is 26.9. The van der Waals surface area contributed by atoms with Gasteiger partial charge in [-0.05, 0) is 40.7 Å². The number of benzene rings is 2. The number of hydrogen-bond donors (Lipinski definition) is 1. The number of nitrogens with zero attached hydrogens (tertiary/aromatic N) is 2. The van der Waals surface area contributed by atoms with Crippen LogP contribution in [0.2, 0.25) is 0 Å². The maximum Gasteiger partial charge on any atom is 0.243 e. The van der Waals surface area contributed by atoms with Crippen molar-refractivity contribution in [2.75, 3.05) is 19.6 Å². The molecule has 8 heteroatoms. The molecule has 2 amide bonds. The SMILES string of the molecule is CC(=O)N1CCN(S(=O)(=O)c2ccc(C(C)C)cc2)[C@@H](C(=O)NCc2ccc(C(C)C)cc2)C1. The van der Waals surface area contributed by atoms with Gasteiger partial charge in [-0.2, -0.15) is 4.31 Å². The summed E-state index contributed by atoms with van der Waals surface area (Å²) >= 11 is 0. The first-order valence-corrected chi connectivity index (χ1v) is 13.2. The lowest BCUT2D eigenvalue weighted by Crippen LogP contribution is -2.61. The van der Waals surface area contributed by atoms with Gasteiger partial charge in [0.1, 0.15) is 6.04 Å². The van der Waals surface area contributed by atoms with Gasteiger partial charge in [0.15, 0.2) is 0 Å². The summed E-state index contributed by atoms with van der Waals surface area (Å²) in [5, 5.41) is 2.87. The topological polar surface area (TPSA) is 86.8 Å². The smallest absolute Gasteiger partial charge is 0.243 e. The van der Waals surface area contributed by atoms with Crippen LogP contribution in [0.3, 0.4) is 0 Å². The van der Waals surface area contributed by atoms with Gasteiger partial charge in [0, 0.05) is 33.1 Å². The van der Waals surface area contributed by atoms with Gasteiger partial charge in [-0.3, -0.25) is 9.59 Å². The highest BCUT2D eigenvalue weighted by Gasteiger charge is 2.40. The zero-order chi connectivity index (χ0) is 25.0. The number of carbonyl (C=O) groups excluding carboxylic acids is 2. The monoisotopic (exact) mass is 485 g/mol. The summed E-state index contributed by atoms with van der Waals surface area (Å²) in [7, 11) is -3.91. The number of hydrogen-bond acceptors (Lipinski definition) is 4. The molecule has 0 aromatic heterocycles. The Morgan fingerprint density at radius 3 is 1.94 bits per heavy atom. The van der Waals surface area contributed by atoms with E-state index in [-0.39, 0.29) is 42.9 Å². The van der Waals surface area contributed by atoms with E-state index in [1.54, 1.807) is 24.3 Å². The summed E-state index contributed by atoms with van der Waals surface area (Å²) in [5.41, 5.74) is 3.18. The van der Waals surface area contributed by atoms with Gasteiger partial charge in [-0.25, -0.2) is 8.42 Å². The molecule has 1 N–H and O–H groups in total. The molecule has 0 bridgehead atoms. The number of sulfonamides is 1. The van der Waals surface area contributed by atoms with E-state index < -0.39 is 22.0 Å². The Kier molecular flexibility index (Phi) is 8.15. The molecule has 0 spiro atoms. The molecule has 34 heavy (non-hydrogen) atoms. The Labute approximate surface area is 203 Å². The lowest BCUT2D eigenvalue weighted by molar-refractivity contribution is -0.134. The van der Waals surface area contributed by atoms with Crippen LogP contribution in [-0.4, -0.2) is 55.1 Å². The minimum Gasteiger partial charge on any atom is -0.351 e. The molecule has 1 saturated heterocycles. The first-order chi connectivity index (χ1) is 16.0. The molecule has 2 aromatic carbocycles. The van der Waals surface area contributed by atoms with E-state index >= 15 is 0 Å². The Morgan fingerprint density at radius 2 is 1.44 bits per heavy atom. The number of amides is 2. The maximum absolute atomic E-state index is 13.5. The summed E-state index contributed by atoms with van der Waals surface area (Å²) < 4.78 is 28.2. The second-order valence-electron chi connectivity index (χ2n) is 9.43. The highest BCUT2D eigenvalue weighted by molar-refractivity contribution is 7.89. The van der Waals surface area contributed by atoms with E-state index in [1.165, 1.54) is 21.7 Å². The van der Waals surface area contributed by atoms with Gasteiger partial charge in [-0.15, -0.1) is 0 Å². The molecule has 0 unspecified atom stereocenters. The van der Waals surface area contributed by atoms with Crippen molar-refractivity contribution in [3.8, 4) is 0 Å². The largest absolute Gasteiger partial charge is 0.351 e. The molecular formula is C26H35N3O4S. The maximum atomic E-state index is 13.5. The molecule has 0 radical (unpaired) electrons. The molecule has 1 fully saturated rings. The number of piperazine rings is 1. The predicted octanol–water partition coefficient (Wildman–Crippen LogP) is 3.47. The second-order valence-corrected chi connectivity index (χ2v) is 11.3. The fourth-order valence-electron chi connectivity index (χ4n) is 4.04. The highest BCUT2D eigenvalue weighted by atomic mass is 32.2. The van der Waals surface area contributed by atoms with Gasteiger partial charge in [0.25, 0.3) is 0 Å². The Morgan fingerprint density at radius 1 is 0.912 bits per heavy atom. The average Bonchev–Trinajstić information content (AvgIpc) is 2.82. The molecule has 7 nitrogen and oxygen atoms in total. The number of carbonyl (C=O) groups is 2. The highest BCUT2D eigenvalue weighted by Crippen LogP contribution is 2.24. The van der Waals surface area contributed by atoms with Crippen molar-refractivity contribution < 1.29 is 18.0 Å². The van der Waals surface area contributed by atoms with Crippen molar-refractivity contribution in [1.29, 1.82) is 0 Å². The van der Waals surface area contributed by atoms with Crippen molar-refractivity contribution in [2.24, 2.45) is 0 Å². The summed E-state index contributed by atoms with van der Waals surface area (Å²) in [6, 6.07) is 13.8. The summed E-state index contributed by atoms with van der Waals surface area (Å²) in [6.45, 7) is 10.4. The Hall–Kier alpha value is -2.71. The average molecular weight is 486 g/mol. The summed E-state index contributed by atoms with van der Waals surface area (Å²) in [6.07, 6.45) is 0. The van der Waals surface area contributed by atoms with Crippen LogP contribution in [-0.2, 0) is 26.2 Å². The zero-order valence-electron chi connectivity index (χ0n) is 20.6. The molecule has 2 aromatic rings. The Balaban J connectivity index is 1.81. The molecule has 1 aliphatic heterocycles. The molecule has 1 heterocycles. The van der Waals surface area contributed by atoms with Crippen LogP contribution in [0.1, 0.15) is 63.1 Å². The van der Waals surface area contributed by atoms with E-state index in [4.69, 9.17) is 0 Å². The van der Waals surface area contributed by atoms with Gasteiger partial charge < -0.3 is 10.2 Å².